The van der Waals surface area contributed by atoms with Crippen LogP contribution in [0.1, 0.15) is 17.1 Å². The highest BCUT2D eigenvalue weighted by Crippen LogP contribution is 2.14. The Balaban J connectivity index is 2.23. The second-order valence-electron chi connectivity index (χ2n) is 4.15. The summed E-state index contributed by atoms with van der Waals surface area (Å²) in [6, 6.07) is 10.1. The van der Waals surface area contributed by atoms with Crippen molar-refractivity contribution in [1.82, 2.24) is 9.97 Å². The van der Waals surface area contributed by atoms with Crippen LogP contribution in [0.2, 0.25) is 0 Å². The molecule has 0 saturated carbocycles. The summed E-state index contributed by atoms with van der Waals surface area (Å²) in [6.45, 7) is 0.491. The van der Waals surface area contributed by atoms with Gasteiger partial charge in [-0.15, -0.1) is 0 Å². The van der Waals surface area contributed by atoms with E-state index in [2.05, 4.69) is 43.3 Å². The van der Waals surface area contributed by atoms with Crippen molar-refractivity contribution in [2.75, 3.05) is 19.5 Å². The average Bonchev–Trinajstić information content (AvgIpc) is 2.41. The predicted octanol–water partition coefficient (Wildman–Crippen LogP) is 3.02. The molecule has 0 atom stereocenters. The van der Waals surface area contributed by atoms with Crippen LogP contribution in [0.3, 0.4) is 0 Å². The molecule has 0 aliphatic carbocycles. The van der Waals surface area contributed by atoms with Gasteiger partial charge in [0.2, 0.25) is 0 Å². The van der Waals surface area contributed by atoms with Crippen LogP contribution < -0.4 is 5.32 Å². The van der Waals surface area contributed by atoms with Crippen molar-refractivity contribution >= 4 is 21.7 Å². The van der Waals surface area contributed by atoms with E-state index in [-0.39, 0.29) is 0 Å². The predicted molar refractivity (Wildman–Crippen MR) is 79.2 cm³/mol. The summed E-state index contributed by atoms with van der Waals surface area (Å²) in [7, 11) is 3.51. The van der Waals surface area contributed by atoms with Crippen molar-refractivity contribution in [2.45, 2.75) is 13.0 Å². The molecule has 0 radical (unpaired) electrons. The van der Waals surface area contributed by atoms with E-state index < -0.39 is 0 Å². The first kappa shape index (κ1) is 14.0. The maximum Gasteiger partial charge on any atom is 0.135 e. The molecule has 0 spiro atoms. The van der Waals surface area contributed by atoms with Gasteiger partial charge in [0.25, 0.3) is 0 Å². The average molecular weight is 322 g/mol. The number of benzene rings is 1. The van der Waals surface area contributed by atoms with Crippen molar-refractivity contribution in [3.63, 3.8) is 0 Å². The third-order valence-electron chi connectivity index (χ3n) is 2.65. The third-order valence-corrected chi connectivity index (χ3v) is 3.18. The summed E-state index contributed by atoms with van der Waals surface area (Å²) in [5, 5.41) is 3.05. The molecule has 0 fully saturated rings. The number of methoxy groups -OCH3 is 1. The highest BCUT2D eigenvalue weighted by atomic mass is 79.9. The Hall–Kier alpha value is -1.46. The zero-order valence-corrected chi connectivity index (χ0v) is 12.6. The lowest BCUT2D eigenvalue weighted by molar-refractivity contribution is 0.181. The van der Waals surface area contributed by atoms with Crippen LogP contribution in [-0.4, -0.2) is 24.1 Å². The normalized spacial score (nSPS) is 10.5. The Morgan fingerprint density at radius 3 is 2.58 bits per heavy atom. The lowest BCUT2D eigenvalue weighted by Crippen LogP contribution is -2.05. The molecule has 0 unspecified atom stereocenters. The standard InChI is InChI=1S/C14H16BrN3O/c1-16-13-8-12(9-19-2)17-14(18-13)7-10-3-5-11(15)6-4-10/h3-6,8H,7,9H2,1-2H3,(H,16,17,18). The quantitative estimate of drug-likeness (QED) is 0.919. The fourth-order valence-electron chi connectivity index (χ4n) is 1.77. The molecule has 5 heteroatoms. The zero-order chi connectivity index (χ0) is 13.7. The van der Waals surface area contributed by atoms with Gasteiger partial charge in [0.05, 0.1) is 12.3 Å². The lowest BCUT2D eigenvalue weighted by Gasteiger charge is -2.07. The van der Waals surface area contributed by atoms with Crippen LogP contribution in [0.5, 0.6) is 0 Å². The Morgan fingerprint density at radius 2 is 1.95 bits per heavy atom. The molecule has 0 aliphatic heterocycles. The van der Waals surface area contributed by atoms with E-state index in [9.17, 15) is 0 Å². The molecule has 1 heterocycles. The molecule has 100 valence electrons. The highest BCUT2D eigenvalue weighted by Gasteiger charge is 2.05. The highest BCUT2D eigenvalue weighted by molar-refractivity contribution is 9.10. The van der Waals surface area contributed by atoms with E-state index in [4.69, 9.17) is 4.74 Å². The van der Waals surface area contributed by atoms with Gasteiger partial charge in [-0.2, -0.15) is 0 Å². The van der Waals surface area contributed by atoms with Crippen molar-refractivity contribution in [1.29, 1.82) is 0 Å². The molecule has 0 saturated heterocycles. The molecule has 0 aliphatic rings. The molecule has 2 rings (SSSR count). The van der Waals surface area contributed by atoms with Crippen molar-refractivity contribution < 1.29 is 4.74 Å². The van der Waals surface area contributed by atoms with Crippen LogP contribution in [0, 0.1) is 0 Å². The van der Waals surface area contributed by atoms with Crippen LogP contribution in [0.15, 0.2) is 34.8 Å². The van der Waals surface area contributed by atoms with Gasteiger partial charge in [0.1, 0.15) is 11.6 Å². The van der Waals surface area contributed by atoms with Gasteiger partial charge in [-0.3, -0.25) is 0 Å². The second kappa shape index (κ2) is 6.63. The molecule has 4 nitrogen and oxygen atoms in total. The SMILES string of the molecule is CNc1cc(COC)nc(Cc2ccc(Br)cc2)n1. The van der Waals surface area contributed by atoms with E-state index >= 15 is 0 Å². The Kier molecular flexibility index (Phi) is 4.87. The topological polar surface area (TPSA) is 47.0 Å². The second-order valence-corrected chi connectivity index (χ2v) is 5.06. The van der Waals surface area contributed by atoms with Crippen LogP contribution in [0.25, 0.3) is 0 Å². The fraction of sp³-hybridized carbons (Fsp3) is 0.286. The van der Waals surface area contributed by atoms with Crippen molar-refractivity contribution in [3.05, 3.63) is 51.9 Å². The molecular weight excluding hydrogens is 306 g/mol. The maximum atomic E-state index is 5.12. The first-order valence-electron chi connectivity index (χ1n) is 5.99. The lowest BCUT2D eigenvalue weighted by atomic mass is 10.1. The van der Waals surface area contributed by atoms with Crippen LogP contribution >= 0.6 is 15.9 Å². The monoisotopic (exact) mass is 321 g/mol. The first-order chi connectivity index (χ1) is 9.21. The molecule has 2 aromatic rings. The molecule has 1 aromatic carbocycles. The van der Waals surface area contributed by atoms with E-state index in [0.717, 1.165) is 21.8 Å². The summed E-state index contributed by atoms with van der Waals surface area (Å²) in [5.41, 5.74) is 2.06. The number of ether oxygens (including phenoxy) is 1. The van der Waals surface area contributed by atoms with E-state index in [1.807, 2.05) is 25.2 Å². The van der Waals surface area contributed by atoms with E-state index in [1.165, 1.54) is 5.56 Å². The number of hydrogen-bond donors (Lipinski definition) is 1. The first-order valence-corrected chi connectivity index (χ1v) is 6.78. The van der Waals surface area contributed by atoms with Crippen molar-refractivity contribution in [2.24, 2.45) is 0 Å². The Bertz CT molecular complexity index is 543. The van der Waals surface area contributed by atoms with Gasteiger partial charge in [0.15, 0.2) is 0 Å². The molecule has 1 aromatic heterocycles. The molecule has 19 heavy (non-hydrogen) atoms. The number of anilines is 1. The Morgan fingerprint density at radius 1 is 1.21 bits per heavy atom. The van der Waals surface area contributed by atoms with Gasteiger partial charge in [-0.1, -0.05) is 28.1 Å². The van der Waals surface area contributed by atoms with E-state index in [0.29, 0.717) is 13.0 Å². The zero-order valence-electron chi connectivity index (χ0n) is 11.0. The fourth-order valence-corrected chi connectivity index (χ4v) is 2.03. The summed E-state index contributed by atoms with van der Waals surface area (Å²) in [4.78, 5) is 8.96. The van der Waals surface area contributed by atoms with Gasteiger partial charge in [0, 0.05) is 31.1 Å². The summed E-state index contributed by atoms with van der Waals surface area (Å²) < 4.78 is 6.19. The molecule has 1 N–H and O–H groups in total. The molecular formula is C14H16BrN3O. The maximum absolute atomic E-state index is 5.12. The minimum Gasteiger partial charge on any atom is -0.378 e. The number of nitrogens with zero attached hydrogens (tertiary/aromatic N) is 2. The summed E-state index contributed by atoms with van der Waals surface area (Å²) >= 11 is 3.43. The van der Waals surface area contributed by atoms with Gasteiger partial charge < -0.3 is 10.1 Å². The number of aromatic nitrogens is 2. The Labute approximate surface area is 121 Å². The smallest absolute Gasteiger partial charge is 0.135 e. The summed E-state index contributed by atoms with van der Waals surface area (Å²) in [6.07, 6.45) is 0.708. The number of nitrogens with one attached hydrogen (secondary N) is 1. The third kappa shape index (κ3) is 4.01. The molecule has 0 bridgehead atoms. The molecule has 0 amide bonds. The van der Waals surface area contributed by atoms with Gasteiger partial charge in [-0.25, -0.2) is 9.97 Å². The van der Waals surface area contributed by atoms with Gasteiger partial charge in [-0.05, 0) is 17.7 Å². The number of rotatable bonds is 5. The number of halogens is 1. The largest absolute Gasteiger partial charge is 0.378 e. The van der Waals surface area contributed by atoms with E-state index in [1.54, 1.807) is 7.11 Å². The number of hydrogen-bond acceptors (Lipinski definition) is 4. The minimum absolute atomic E-state index is 0.491. The van der Waals surface area contributed by atoms with Crippen LogP contribution in [-0.2, 0) is 17.8 Å². The van der Waals surface area contributed by atoms with Crippen LogP contribution in [0.4, 0.5) is 5.82 Å². The van der Waals surface area contributed by atoms with Crippen molar-refractivity contribution in [3.8, 4) is 0 Å². The minimum atomic E-state index is 0.491. The summed E-state index contributed by atoms with van der Waals surface area (Å²) in [5.74, 6) is 1.61. The van der Waals surface area contributed by atoms with Gasteiger partial charge >= 0.3 is 0 Å².